The third-order valence-corrected chi connectivity index (χ3v) is 4.20. The van der Waals surface area contributed by atoms with E-state index >= 15 is 0 Å². The lowest BCUT2D eigenvalue weighted by Gasteiger charge is -2.21. The van der Waals surface area contributed by atoms with Gasteiger partial charge in [-0.1, -0.05) is 0 Å². The van der Waals surface area contributed by atoms with E-state index in [9.17, 15) is 4.79 Å². The van der Waals surface area contributed by atoms with Crippen LogP contribution in [0.2, 0.25) is 0 Å². The van der Waals surface area contributed by atoms with Gasteiger partial charge in [0, 0.05) is 12.8 Å². The smallest absolute Gasteiger partial charge is 0.241 e. The molecule has 1 aromatic rings. The van der Waals surface area contributed by atoms with E-state index in [-0.39, 0.29) is 0 Å². The molecular weight excluding hydrogens is 200 g/mol. The van der Waals surface area contributed by atoms with E-state index in [1.165, 1.54) is 17.9 Å². The molecule has 1 aromatic heterocycles. The Morgan fingerprint density at radius 3 is 2.88 bits per heavy atom. The number of hydrogen-bond donors (Lipinski definition) is 0. The van der Waals surface area contributed by atoms with E-state index in [1.807, 2.05) is 4.57 Å². The second kappa shape index (κ2) is 3.44. The van der Waals surface area contributed by atoms with Crippen LogP contribution in [0.5, 0.6) is 0 Å². The number of rotatable bonds is 0. The Labute approximate surface area is 95.7 Å². The van der Waals surface area contributed by atoms with Crippen LogP contribution in [-0.2, 0) is 26.3 Å². The largest absolute Gasteiger partial charge is 0.341 e. The van der Waals surface area contributed by atoms with Crippen LogP contribution >= 0.6 is 0 Å². The van der Waals surface area contributed by atoms with E-state index in [1.54, 1.807) is 0 Å². The van der Waals surface area contributed by atoms with E-state index in [0.717, 1.165) is 37.7 Å². The second-order valence-corrected chi connectivity index (χ2v) is 5.17. The number of hydrogen-bond acceptors (Lipinski definition) is 1. The molecule has 1 aliphatic carbocycles. The highest BCUT2D eigenvalue weighted by atomic mass is 16.1. The molecule has 0 bridgehead atoms. The number of nitrogens with zero attached hydrogens (tertiary/aromatic N) is 2. The molecule has 0 aromatic carbocycles. The van der Waals surface area contributed by atoms with Crippen molar-refractivity contribution >= 4 is 0 Å². The van der Waals surface area contributed by atoms with E-state index in [2.05, 4.69) is 18.5 Å². The molecule has 0 fully saturated rings. The van der Waals surface area contributed by atoms with Gasteiger partial charge in [0.2, 0.25) is 0 Å². The molecule has 3 heteroatoms. The van der Waals surface area contributed by atoms with Crippen molar-refractivity contribution in [2.24, 2.45) is 7.05 Å². The molecule has 2 aliphatic rings. The van der Waals surface area contributed by atoms with Gasteiger partial charge in [0.05, 0.1) is 12.6 Å². The van der Waals surface area contributed by atoms with Crippen molar-refractivity contribution in [3.8, 4) is 0 Å². The van der Waals surface area contributed by atoms with Crippen molar-refractivity contribution in [1.29, 1.82) is 0 Å². The Bertz CT molecular complexity index is 502. The summed E-state index contributed by atoms with van der Waals surface area (Å²) in [5.41, 5.74) is 2.68. The zero-order valence-corrected chi connectivity index (χ0v) is 10.1. The zero-order valence-electron chi connectivity index (χ0n) is 10.1. The van der Waals surface area contributed by atoms with Crippen LogP contribution in [0.25, 0.3) is 0 Å². The normalized spacial score (nSPS) is 23.0. The molecule has 3 nitrogen and oxygen atoms in total. The first kappa shape index (κ1) is 10.1. The standard InChI is InChI=1S/C13H19N2O/c1-9-5-3-8-12-14(2)11-7-4-6-10(11)13(16)15(9)12/h9H,3-8H2,1-2H3/q+1. The summed E-state index contributed by atoms with van der Waals surface area (Å²) in [4.78, 5) is 12.4. The predicted octanol–water partition coefficient (Wildman–Crippen LogP) is 1.06. The predicted molar refractivity (Wildman–Crippen MR) is 61.6 cm³/mol. The molecule has 0 amide bonds. The zero-order chi connectivity index (χ0) is 11.3. The summed E-state index contributed by atoms with van der Waals surface area (Å²) in [6, 6.07) is 0.383. The first-order valence-corrected chi connectivity index (χ1v) is 6.35. The molecule has 0 saturated heterocycles. The molecule has 1 unspecified atom stereocenters. The highest BCUT2D eigenvalue weighted by Crippen LogP contribution is 2.23. The van der Waals surface area contributed by atoms with Gasteiger partial charge in [-0.15, -0.1) is 0 Å². The third kappa shape index (κ3) is 1.20. The first-order chi connectivity index (χ1) is 7.70. The minimum absolute atomic E-state index is 0.299. The van der Waals surface area contributed by atoms with Crippen molar-refractivity contribution in [2.45, 2.75) is 51.5 Å². The van der Waals surface area contributed by atoms with E-state index in [0.29, 0.717) is 11.6 Å². The van der Waals surface area contributed by atoms with Gasteiger partial charge in [0.15, 0.2) is 0 Å². The van der Waals surface area contributed by atoms with Crippen LogP contribution in [0, 0.1) is 0 Å². The van der Waals surface area contributed by atoms with Gasteiger partial charge in [-0.3, -0.25) is 0 Å². The Kier molecular flexibility index (Phi) is 2.16. The topological polar surface area (TPSA) is 25.9 Å². The quantitative estimate of drug-likeness (QED) is 0.599. The molecule has 16 heavy (non-hydrogen) atoms. The van der Waals surface area contributed by atoms with Crippen molar-refractivity contribution in [1.82, 2.24) is 4.57 Å². The molecule has 0 radical (unpaired) electrons. The van der Waals surface area contributed by atoms with Gasteiger partial charge in [-0.2, -0.15) is 4.57 Å². The fraction of sp³-hybridized carbons (Fsp3) is 0.692. The summed E-state index contributed by atoms with van der Waals surface area (Å²) in [5.74, 6) is 1.24. The van der Waals surface area contributed by atoms with Crippen molar-refractivity contribution in [2.75, 3.05) is 0 Å². The van der Waals surface area contributed by atoms with Crippen LogP contribution in [0.3, 0.4) is 0 Å². The summed E-state index contributed by atoms with van der Waals surface area (Å²) in [6.07, 6.45) is 6.64. The van der Waals surface area contributed by atoms with Crippen LogP contribution in [0.4, 0.5) is 0 Å². The Hall–Kier alpha value is -1.12. The van der Waals surface area contributed by atoms with Crippen LogP contribution in [0.1, 0.15) is 49.3 Å². The minimum Gasteiger partial charge on any atom is -0.241 e. The maximum absolute atomic E-state index is 12.4. The Morgan fingerprint density at radius 2 is 2.06 bits per heavy atom. The molecule has 0 N–H and O–H groups in total. The molecule has 0 saturated carbocycles. The minimum atomic E-state index is 0.299. The van der Waals surface area contributed by atoms with Crippen molar-refractivity contribution < 1.29 is 4.57 Å². The fourth-order valence-corrected chi connectivity index (χ4v) is 3.34. The fourth-order valence-electron chi connectivity index (χ4n) is 3.34. The molecule has 3 rings (SSSR count). The molecule has 2 heterocycles. The SMILES string of the molecule is CC1CCCc2n1c(=O)c1c([n+]2C)CCC1. The Balaban J connectivity index is 2.34. The van der Waals surface area contributed by atoms with Gasteiger partial charge in [0.1, 0.15) is 11.7 Å². The number of aromatic nitrogens is 2. The maximum Gasteiger partial charge on any atom is 0.341 e. The first-order valence-electron chi connectivity index (χ1n) is 6.35. The van der Waals surface area contributed by atoms with Gasteiger partial charge < -0.3 is 0 Å². The average Bonchev–Trinajstić information content (AvgIpc) is 2.75. The maximum atomic E-state index is 12.4. The molecule has 1 atom stereocenters. The molecule has 1 aliphatic heterocycles. The van der Waals surface area contributed by atoms with Gasteiger partial charge in [0.25, 0.3) is 5.82 Å². The third-order valence-electron chi connectivity index (χ3n) is 4.20. The van der Waals surface area contributed by atoms with E-state index in [4.69, 9.17) is 0 Å². The van der Waals surface area contributed by atoms with Gasteiger partial charge >= 0.3 is 5.56 Å². The monoisotopic (exact) mass is 219 g/mol. The van der Waals surface area contributed by atoms with Crippen molar-refractivity contribution in [3.63, 3.8) is 0 Å². The summed E-state index contributed by atoms with van der Waals surface area (Å²) >= 11 is 0. The summed E-state index contributed by atoms with van der Waals surface area (Å²) in [5, 5.41) is 0. The van der Waals surface area contributed by atoms with Crippen LogP contribution in [-0.4, -0.2) is 4.57 Å². The lowest BCUT2D eigenvalue weighted by atomic mass is 10.0. The van der Waals surface area contributed by atoms with Crippen LogP contribution < -0.4 is 10.1 Å². The summed E-state index contributed by atoms with van der Waals surface area (Å²) < 4.78 is 4.34. The summed E-state index contributed by atoms with van der Waals surface area (Å²) in [7, 11) is 2.13. The van der Waals surface area contributed by atoms with E-state index < -0.39 is 0 Å². The van der Waals surface area contributed by atoms with Gasteiger partial charge in [-0.05, 0) is 32.6 Å². The highest BCUT2D eigenvalue weighted by molar-refractivity contribution is 5.20. The lowest BCUT2D eigenvalue weighted by Crippen LogP contribution is -2.49. The second-order valence-electron chi connectivity index (χ2n) is 5.17. The van der Waals surface area contributed by atoms with Gasteiger partial charge in [-0.25, -0.2) is 9.36 Å². The summed E-state index contributed by atoms with van der Waals surface area (Å²) in [6.45, 7) is 2.17. The lowest BCUT2D eigenvalue weighted by molar-refractivity contribution is -0.692. The molecule has 0 spiro atoms. The van der Waals surface area contributed by atoms with Crippen LogP contribution in [0.15, 0.2) is 4.79 Å². The molecular formula is C13H19N2O+. The van der Waals surface area contributed by atoms with Crippen molar-refractivity contribution in [3.05, 3.63) is 27.4 Å². The highest BCUT2D eigenvalue weighted by Gasteiger charge is 2.33. The molecule has 86 valence electrons. The average molecular weight is 219 g/mol. The number of fused-ring (bicyclic) bond motifs is 2. The Morgan fingerprint density at radius 1 is 1.25 bits per heavy atom.